The Morgan fingerprint density at radius 3 is 2.65 bits per heavy atom. The van der Waals surface area contributed by atoms with Gasteiger partial charge in [0, 0.05) is 6.42 Å². The Hall–Kier alpha value is -2.96. The Morgan fingerprint density at radius 1 is 1.27 bits per heavy atom. The van der Waals surface area contributed by atoms with Crippen LogP contribution in [0, 0.1) is 11.6 Å². The normalized spacial score (nSPS) is 16.1. The average Bonchev–Trinajstić information content (AvgIpc) is 3.10. The molecule has 0 radical (unpaired) electrons. The number of hydrogen-bond donors (Lipinski definition) is 1. The average molecular weight is 360 g/mol. The first-order valence-corrected chi connectivity index (χ1v) is 8.20. The molecule has 0 spiro atoms. The van der Waals surface area contributed by atoms with Crippen LogP contribution in [0.2, 0.25) is 0 Å². The highest BCUT2D eigenvalue weighted by atomic mass is 19.1. The molecule has 1 atom stereocenters. The number of amides is 1. The van der Waals surface area contributed by atoms with Crippen LogP contribution in [0.1, 0.15) is 40.9 Å². The molecule has 5 nitrogen and oxygen atoms in total. The van der Waals surface area contributed by atoms with Gasteiger partial charge in [0.15, 0.2) is 17.7 Å². The van der Waals surface area contributed by atoms with E-state index in [2.05, 4.69) is 12.1 Å². The molecular weight excluding hydrogens is 342 g/mol. The molecule has 0 aromatic heterocycles. The third kappa shape index (κ3) is 3.66. The monoisotopic (exact) mass is 360 g/mol. The molecule has 1 aliphatic heterocycles. The molecule has 0 saturated heterocycles. The highest BCUT2D eigenvalue weighted by Crippen LogP contribution is 2.28. The molecule has 1 unspecified atom stereocenters. The van der Waals surface area contributed by atoms with Gasteiger partial charge in [0.25, 0.3) is 5.91 Å². The summed E-state index contributed by atoms with van der Waals surface area (Å²) in [5.74, 6) is -3.61. The number of nitrogens with two attached hydrogens (primary N) is 1. The van der Waals surface area contributed by atoms with Gasteiger partial charge in [-0.05, 0) is 29.7 Å². The van der Waals surface area contributed by atoms with E-state index in [1.54, 1.807) is 0 Å². The van der Waals surface area contributed by atoms with Crippen molar-refractivity contribution in [2.45, 2.75) is 25.9 Å². The predicted octanol–water partition coefficient (Wildman–Crippen LogP) is 3.52. The first kappa shape index (κ1) is 17.8. The molecule has 0 bridgehead atoms. The minimum absolute atomic E-state index is 0.0374. The van der Waals surface area contributed by atoms with Crippen molar-refractivity contribution in [2.24, 2.45) is 10.9 Å². The first-order valence-electron chi connectivity index (χ1n) is 8.20. The van der Waals surface area contributed by atoms with Crippen molar-refractivity contribution in [3.63, 3.8) is 0 Å². The Labute approximate surface area is 149 Å². The number of carbonyl (C=O) groups excluding carboxylic acids is 1. The Kier molecular flexibility index (Phi) is 5.16. The van der Waals surface area contributed by atoms with Gasteiger partial charge in [0.1, 0.15) is 18.0 Å². The van der Waals surface area contributed by atoms with Gasteiger partial charge in [-0.3, -0.25) is 4.79 Å². The number of benzene rings is 2. The van der Waals surface area contributed by atoms with Crippen molar-refractivity contribution in [2.75, 3.05) is 6.61 Å². The van der Waals surface area contributed by atoms with Crippen LogP contribution in [-0.4, -0.2) is 18.2 Å². The minimum atomic E-state index is -1.19. The summed E-state index contributed by atoms with van der Waals surface area (Å²) >= 11 is 0. The molecule has 2 aromatic carbocycles. The molecule has 2 N–H and O–H groups in total. The highest BCUT2D eigenvalue weighted by Gasteiger charge is 2.24. The summed E-state index contributed by atoms with van der Waals surface area (Å²) < 4.78 is 32.9. The topological polar surface area (TPSA) is 73.9 Å². The summed E-state index contributed by atoms with van der Waals surface area (Å²) in [7, 11) is 0. The molecule has 0 fully saturated rings. The maximum Gasteiger partial charge on any atom is 0.254 e. The van der Waals surface area contributed by atoms with Crippen LogP contribution in [0.4, 0.5) is 8.78 Å². The number of hydrogen-bond acceptors (Lipinski definition) is 4. The van der Waals surface area contributed by atoms with Gasteiger partial charge in [0.2, 0.25) is 0 Å². The molecule has 1 amide bonds. The van der Waals surface area contributed by atoms with E-state index in [1.807, 2.05) is 24.3 Å². The van der Waals surface area contributed by atoms with E-state index in [0.717, 1.165) is 24.1 Å². The van der Waals surface area contributed by atoms with Gasteiger partial charge in [-0.25, -0.2) is 8.78 Å². The molecule has 0 saturated carbocycles. The zero-order chi connectivity index (χ0) is 18.7. The maximum absolute atomic E-state index is 14.1. The molecule has 0 aliphatic carbocycles. The number of aryl methyl sites for hydroxylation is 1. The molecular formula is C19H18F2N2O3. The van der Waals surface area contributed by atoms with Crippen molar-refractivity contribution in [3.05, 3.63) is 64.7 Å². The largest absolute Gasteiger partial charge is 0.484 e. The first-order chi connectivity index (χ1) is 12.5. The second-order valence-corrected chi connectivity index (χ2v) is 5.94. The zero-order valence-electron chi connectivity index (χ0n) is 14.2. The molecule has 26 heavy (non-hydrogen) atoms. The van der Waals surface area contributed by atoms with Crippen molar-refractivity contribution >= 4 is 11.6 Å². The Morgan fingerprint density at radius 2 is 2.00 bits per heavy atom. The van der Waals surface area contributed by atoms with E-state index < -0.39 is 23.1 Å². The number of carbonyl (C=O) groups is 1. The quantitative estimate of drug-likeness (QED) is 0.856. The van der Waals surface area contributed by atoms with E-state index in [-0.39, 0.29) is 18.5 Å². The standard InChI is InChI=1S/C19H18F2N2O3/c1-2-11-3-5-12(6-4-11)16-9-13(23-26-16)10-25-15-8-7-14(20)17(18(15)21)19(22)24/h3-8,16H,2,9-10H2,1H3,(H2,22,24). The van der Waals surface area contributed by atoms with Gasteiger partial charge in [-0.2, -0.15) is 0 Å². The number of primary amides is 1. The summed E-state index contributed by atoms with van der Waals surface area (Å²) in [6, 6.07) is 10.1. The summed E-state index contributed by atoms with van der Waals surface area (Å²) in [6.07, 6.45) is 1.23. The van der Waals surface area contributed by atoms with Crippen LogP contribution in [0.25, 0.3) is 0 Å². The molecule has 3 rings (SSSR count). The lowest BCUT2D eigenvalue weighted by atomic mass is 10.0. The lowest BCUT2D eigenvalue weighted by Gasteiger charge is -2.10. The summed E-state index contributed by atoms with van der Waals surface area (Å²) in [5, 5.41) is 3.96. The lowest BCUT2D eigenvalue weighted by molar-refractivity contribution is 0.0856. The number of rotatable bonds is 6. The van der Waals surface area contributed by atoms with Crippen molar-refractivity contribution in [3.8, 4) is 5.75 Å². The minimum Gasteiger partial charge on any atom is -0.484 e. The fraction of sp³-hybridized carbons (Fsp3) is 0.263. The molecule has 136 valence electrons. The second kappa shape index (κ2) is 7.51. The van der Waals surface area contributed by atoms with E-state index in [0.29, 0.717) is 12.1 Å². The van der Waals surface area contributed by atoms with Crippen LogP contribution < -0.4 is 10.5 Å². The Balaban J connectivity index is 1.63. The third-order valence-electron chi connectivity index (χ3n) is 4.19. The Bertz CT molecular complexity index is 851. The van der Waals surface area contributed by atoms with Crippen LogP contribution in [0.5, 0.6) is 5.75 Å². The lowest BCUT2D eigenvalue weighted by Crippen LogP contribution is -2.17. The fourth-order valence-corrected chi connectivity index (χ4v) is 2.69. The van der Waals surface area contributed by atoms with Gasteiger partial charge in [-0.15, -0.1) is 0 Å². The SMILES string of the molecule is CCc1ccc(C2CC(COc3ccc(F)c(C(N)=O)c3F)=NO2)cc1. The van der Waals surface area contributed by atoms with Crippen LogP contribution in [0.15, 0.2) is 41.6 Å². The fourth-order valence-electron chi connectivity index (χ4n) is 2.69. The number of halogens is 2. The van der Waals surface area contributed by atoms with E-state index in [4.69, 9.17) is 15.3 Å². The summed E-state index contributed by atoms with van der Waals surface area (Å²) in [6.45, 7) is 2.04. The molecule has 7 heteroatoms. The van der Waals surface area contributed by atoms with Crippen LogP contribution >= 0.6 is 0 Å². The summed E-state index contributed by atoms with van der Waals surface area (Å²) in [5.41, 5.74) is 6.97. The smallest absolute Gasteiger partial charge is 0.254 e. The highest BCUT2D eigenvalue weighted by molar-refractivity contribution is 5.94. The van der Waals surface area contributed by atoms with Gasteiger partial charge in [0.05, 0.1) is 5.71 Å². The molecule has 2 aromatic rings. The van der Waals surface area contributed by atoms with Crippen LogP contribution in [-0.2, 0) is 11.3 Å². The molecule has 1 aliphatic rings. The third-order valence-corrected chi connectivity index (χ3v) is 4.19. The van der Waals surface area contributed by atoms with Crippen LogP contribution in [0.3, 0.4) is 0 Å². The van der Waals surface area contributed by atoms with Crippen molar-refractivity contribution in [1.29, 1.82) is 0 Å². The van der Waals surface area contributed by atoms with Gasteiger partial charge in [-0.1, -0.05) is 36.3 Å². The molecule has 1 heterocycles. The second-order valence-electron chi connectivity index (χ2n) is 5.94. The zero-order valence-corrected chi connectivity index (χ0v) is 14.2. The number of nitrogens with zero attached hydrogens (tertiary/aromatic N) is 1. The van der Waals surface area contributed by atoms with Gasteiger partial charge >= 0.3 is 0 Å². The van der Waals surface area contributed by atoms with Crippen molar-refractivity contribution in [1.82, 2.24) is 0 Å². The summed E-state index contributed by atoms with van der Waals surface area (Å²) in [4.78, 5) is 16.5. The number of oxime groups is 1. The number of ether oxygens (including phenoxy) is 1. The van der Waals surface area contributed by atoms with E-state index >= 15 is 0 Å². The predicted molar refractivity (Wildman–Crippen MR) is 92.1 cm³/mol. The van der Waals surface area contributed by atoms with Gasteiger partial charge < -0.3 is 15.3 Å². The van der Waals surface area contributed by atoms with Crippen molar-refractivity contribution < 1.29 is 23.1 Å². The maximum atomic E-state index is 14.1. The van der Waals surface area contributed by atoms with E-state index in [9.17, 15) is 13.6 Å². The van der Waals surface area contributed by atoms with E-state index in [1.165, 1.54) is 5.56 Å².